The maximum absolute atomic E-state index is 14.0. The Morgan fingerprint density at radius 2 is 1.67 bits per heavy atom. The average Bonchev–Trinajstić information content (AvgIpc) is 3.02. The summed E-state index contributed by atoms with van der Waals surface area (Å²) in [4.78, 5) is 31.4. The number of hydrogen-bond acceptors (Lipinski definition) is 4. The van der Waals surface area contributed by atoms with Crippen LogP contribution < -0.4 is 9.64 Å². The molecule has 174 valence electrons. The van der Waals surface area contributed by atoms with E-state index in [4.69, 9.17) is 4.74 Å². The normalized spacial score (nSPS) is 21.2. The molecule has 0 N–H and O–H groups in total. The van der Waals surface area contributed by atoms with E-state index in [1.54, 1.807) is 6.07 Å². The van der Waals surface area contributed by atoms with Crippen molar-refractivity contribution in [3.8, 4) is 5.75 Å². The monoisotopic (exact) mass is 446 g/mol. The lowest BCUT2D eigenvalue weighted by atomic mass is 9.90. The Morgan fingerprint density at radius 3 is 2.33 bits per heavy atom. The lowest BCUT2D eigenvalue weighted by Gasteiger charge is -2.37. The van der Waals surface area contributed by atoms with Gasteiger partial charge in [-0.2, -0.15) is 0 Å². The summed E-state index contributed by atoms with van der Waals surface area (Å²) in [6.07, 6.45) is 1.97. The van der Waals surface area contributed by atoms with Gasteiger partial charge >= 0.3 is 0 Å². The molecule has 0 radical (unpaired) electrons. The van der Waals surface area contributed by atoms with E-state index in [9.17, 15) is 9.59 Å². The van der Waals surface area contributed by atoms with Crippen molar-refractivity contribution in [2.75, 3.05) is 24.6 Å². The summed E-state index contributed by atoms with van der Waals surface area (Å²) in [6, 6.07) is 13.4. The maximum Gasteiger partial charge on any atom is 0.282 e. The molecule has 0 spiro atoms. The molecule has 0 bridgehead atoms. The number of para-hydroxylation sites is 2. The van der Waals surface area contributed by atoms with Crippen LogP contribution in [0.2, 0.25) is 0 Å². The predicted molar refractivity (Wildman–Crippen MR) is 132 cm³/mol. The molecule has 0 aliphatic carbocycles. The quantitative estimate of drug-likeness (QED) is 0.561. The summed E-state index contributed by atoms with van der Waals surface area (Å²) in [7, 11) is 0. The van der Waals surface area contributed by atoms with E-state index in [0.29, 0.717) is 41.1 Å². The molecule has 0 saturated carbocycles. The van der Waals surface area contributed by atoms with E-state index in [1.165, 1.54) is 4.90 Å². The molecule has 5 nitrogen and oxygen atoms in total. The minimum atomic E-state index is -0.277. The molecule has 0 aromatic heterocycles. The second-order valence-corrected chi connectivity index (χ2v) is 9.65. The van der Waals surface area contributed by atoms with E-state index in [2.05, 4.69) is 24.8 Å². The van der Waals surface area contributed by atoms with Gasteiger partial charge in [0.1, 0.15) is 11.4 Å². The smallest absolute Gasteiger partial charge is 0.282 e. The summed E-state index contributed by atoms with van der Waals surface area (Å²) in [5.74, 6) is 0.935. The lowest BCUT2D eigenvalue weighted by Crippen LogP contribution is -2.42. The van der Waals surface area contributed by atoms with Crippen molar-refractivity contribution in [1.82, 2.24) is 4.90 Å². The molecule has 2 aromatic rings. The van der Waals surface area contributed by atoms with Gasteiger partial charge in [-0.05, 0) is 61.8 Å². The number of amides is 2. The highest BCUT2D eigenvalue weighted by Gasteiger charge is 2.44. The largest absolute Gasteiger partial charge is 0.491 e. The molecule has 2 aliphatic rings. The zero-order valence-corrected chi connectivity index (χ0v) is 20.4. The van der Waals surface area contributed by atoms with Gasteiger partial charge in [-0.15, -0.1) is 0 Å². The molecule has 2 heterocycles. The number of carbonyl (C=O) groups is 2. The van der Waals surface area contributed by atoms with Crippen molar-refractivity contribution in [1.29, 1.82) is 0 Å². The number of piperidine rings is 1. The summed E-state index contributed by atoms with van der Waals surface area (Å²) in [5, 5.41) is 0. The molecular formula is C28H34N2O3. The third-order valence-corrected chi connectivity index (χ3v) is 6.46. The van der Waals surface area contributed by atoms with Gasteiger partial charge in [0.05, 0.1) is 17.9 Å². The predicted octanol–water partition coefficient (Wildman–Crippen LogP) is 5.35. The summed E-state index contributed by atoms with van der Waals surface area (Å²) in [6.45, 7) is 12.6. The number of carbonyl (C=O) groups excluding carboxylic acids is 2. The maximum atomic E-state index is 14.0. The first-order valence-electron chi connectivity index (χ1n) is 12.0. The number of anilines is 1. The van der Waals surface area contributed by atoms with Crippen molar-refractivity contribution in [2.24, 2.45) is 11.8 Å². The zero-order chi connectivity index (χ0) is 23.7. The number of hydrogen-bond donors (Lipinski definition) is 0. The van der Waals surface area contributed by atoms with Crippen molar-refractivity contribution < 1.29 is 14.3 Å². The highest BCUT2D eigenvalue weighted by molar-refractivity contribution is 6.45. The molecule has 2 aliphatic heterocycles. The van der Waals surface area contributed by atoms with Crippen LogP contribution in [0, 0.1) is 25.7 Å². The van der Waals surface area contributed by atoms with Gasteiger partial charge in [-0.25, -0.2) is 4.90 Å². The van der Waals surface area contributed by atoms with Crippen LogP contribution in [0.5, 0.6) is 5.75 Å². The molecule has 4 rings (SSSR count). The van der Waals surface area contributed by atoms with Crippen LogP contribution >= 0.6 is 0 Å². The van der Waals surface area contributed by atoms with Crippen LogP contribution in [-0.2, 0) is 9.59 Å². The third kappa shape index (κ3) is 4.41. The number of likely N-dealkylation sites (tertiary alicyclic amines) is 1. The Bertz CT molecular complexity index is 1090. The zero-order valence-electron chi connectivity index (χ0n) is 20.4. The molecule has 2 unspecified atom stereocenters. The van der Waals surface area contributed by atoms with E-state index < -0.39 is 0 Å². The summed E-state index contributed by atoms with van der Waals surface area (Å²) < 4.78 is 5.91. The fourth-order valence-electron chi connectivity index (χ4n) is 5.19. The first-order valence-corrected chi connectivity index (χ1v) is 12.0. The number of aryl methyl sites for hydroxylation is 2. The van der Waals surface area contributed by atoms with Gasteiger partial charge in [-0.1, -0.05) is 56.7 Å². The minimum absolute atomic E-state index is 0.260. The third-order valence-electron chi connectivity index (χ3n) is 6.46. The SMILES string of the molecule is CCCOc1ccccc1N1C(=O)C(c2ccc(C)cc2C)=C(N2CC(C)CC(C)C2)C1=O. The standard InChI is InChI=1S/C28H34N2O3/c1-6-13-33-24-10-8-7-9-23(24)30-27(31)25(22-12-11-18(2)15-21(22)5)26(28(30)32)29-16-19(3)14-20(4)17-29/h7-12,15,19-20H,6,13-14,16-17H2,1-5H3. The molecular weight excluding hydrogens is 412 g/mol. The van der Waals surface area contributed by atoms with Crippen molar-refractivity contribution in [3.63, 3.8) is 0 Å². The highest BCUT2D eigenvalue weighted by Crippen LogP contribution is 2.41. The van der Waals surface area contributed by atoms with Crippen LogP contribution in [0.4, 0.5) is 5.69 Å². The van der Waals surface area contributed by atoms with E-state index in [-0.39, 0.29) is 11.8 Å². The van der Waals surface area contributed by atoms with Gasteiger partial charge in [0.2, 0.25) is 0 Å². The fraction of sp³-hybridized carbons (Fsp3) is 0.429. The number of benzene rings is 2. The highest BCUT2D eigenvalue weighted by atomic mass is 16.5. The Morgan fingerprint density at radius 1 is 0.970 bits per heavy atom. The Kier molecular flexibility index (Phi) is 6.59. The Hall–Kier alpha value is -3.08. The van der Waals surface area contributed by atoms with Gasteiger partial charge in [0.15, 0.2) is 0 Å². The Balaban J connectivity index is 1.85. The van der Waals surface area contributed by atoms with Gasteiger partial charge in [0.25, 0.3) is 11.8 Å². The Labute approximate surface area is 197 Å². The van der Waals surface area contributed by atoms with Crippen LogP contribution in [0.25, 0.3) is 5.57 Å². The van der Waals surface area contributed by atoms with Gasteiger partial charge < -0.3 is 9.64 Å². The van der Waals surface area contributed by atoms with Crippen LogP contribution in [0.15, 0.2) is 48.2 Å². The van der Waals surface area contributed by atoms with E-state index in [0.717, 1.165) is 42.6 Å². The molecule has 1 fully saturated rings. The summed E-state index contributed by atoms with van der Waals surface area (Å²) >= 11 is 0. The topological polar surface area (TPSA) is 49.9 Å². The number of rotatable bonds is 6. The number of ether oxygens (including phenoxy) is 1. The number of imide groups is 1. The van der Waals surface area contributed by atoms with Gasteiger partial charge in [-0.3, -0.25) is 9.59 Å². The van der Waals surface area contributed by atoms with Crippen molar-refractivity contribution >= 4 is 23.1 Å². The molecule has 2 atom stereocenters. The number of nitrogens with zero attached hydrogens (tertiary/aromatic N) is 2. The van der Waals surface area contributed by atoms with Crippen LogP contribution in [0.1, 0.15) is 50.3 Å². The van der Waals surface area contributed by atoms with Crippen LogP contribution in [0.3, 0.4) is 0 Å². The molecule has 2 aromatic carbocycles. The fourth-order valence-corrected chi connectivity index (χ4v) is 5.19. The van der Waals surface area contributed by atoms with Gasteiger partial charge in [0, 0.05) is 13.1 Å². The van der Waals surface area contributed by atoms with Crippen LogP contribution in [-0.4, -0.2) is 36.4 Å². The summed E-state index contributed by atoms with van der Waals surface area (Å²) in [5.41, 5.74) is 4.50. The van der Waals surface area contributed by atoms with E-state index in [1.807, 2.05) is 51.1 Å². The second-order valence-electron chi connectivity index (χ2n) is 9.65. The van der Waals surface area contributed by atoms with Crippen molar-refractivity contribution in [3.05, 3.63) is 64.9 Å². The molecule has 5 heteroatoms. The average molecular weight is 447 g/mol. The first-order chi connectivity index (χ1) is 15.8. The first kappa shape index (κ1) is 23.1. The lowest BCUT2D eigenvalue weighted by molar-refractivity contribution is -0.120. The molecule has 1 saturated heterocycles. The van der Waals surface area contributed by atoms with Crippen molar-refractivity contribution in [2.45, 2.75) is 47.5 Å². The van der Waals surface area contributed by atoms with E-state index >= 15 is 0 Å². The second kappa shape index (κ2) is 9.42. The molecule has 33 heavy (non-hydrogen) atoms. The molecule has 2 amide bonds. The minimum Gasteiger partial charge on any atom is -0.491 e.